The fourth-order valence-corrected chi connectivity index (χ4v) is 1.86. The van der Waals surface area contributed by atoms with Crippen molar-refractivity contribution in [2.45, 2.75) is 13.5 Å². The minimum atomic E-state index is -0.461. The Morgan fingerprint density at radius 3 is 2.55 bits per heavy atom. The maximum Gasteiger partial charge on any atom is 0.338 e. The number of ether oxygens (including phenoxy) is 1. The molecular formula is C17H14N2O3. The van der Waals surface area contributed by atoms with Gasteiger partial charge in [0.15, 0.2) is 0 Å². The van der Waals surface area contributed by atoms with E-state index in [-0.39, 0.29) is 12.5 Å². The maximum absolute atomic E-state index is 11.9. The van der Waals surface area contributed by atoms with E-state index in [1.807, 2.05) is 6.07 Å². The molecule has 22 heavy (non-hydrogen) atoms. The van der Waals surface area contributed by atoms with Gasteiger partial charge < -0.3 is 10.1 Å². The first-order chi connectivity index (χ1) is 10.6. The van der Waals surface area contributed by atoms with E-state index in [0.29, 0.717) is 16.8 Å². The molecule has 0 aliphatic carbocycles. The van der Waals surface area contributed by atoms with Crippen LogP contribution in [0.5, 0.6) is 0 Å². The van der Waals surface area contributed by atoms with E-state index in [1.165, 1.54) is 6.92 Å². The fourth-order valence-electron chi connectivity index (χ4n) is 1.86. The zero-order valence-electron chi connectivity index (χ0n) is 12.0. The number of benzene rings is 2. The molecule has 0 spiro atoms. The zero-order chi connectivity index (χ0) is 15.9. The summed E-state index contributed by atoms with van der Waals surface area (Å²) in [5.74, 6) is -0.635. The van der Waals surface area contributed by atoms with Gasteiger partial charge in [-0.1, -0.05) is 12.1 Å². The molecule has 0 fully saturated rings. The first kappa shape index (κ1) is 15.3. The summed E-state index contributed by atoms with van der Waals surface area (Å²) in [5, 5.41) is 11.4. The third kappa shape index (κ3) is 4.18. The highest BCUT2D eigenvalue weighted by Crippen LogP contribution is 2.12. The number of anilines is 1. The van der Waals surface area contributed by atoms with Crippen molar-refractivity contribution < 1.29 is 14.3 Å². The molecule has 0 atom stereocenters. The zero-order valence-corrected chi connectivity index (χ0v) is 12.0. The van der Waals surface area contributed by atoms with Crippen molar-refractivity contribution in [1.82, 2.24) is 0 Å². The number of esters is 1. The van der Waals surface area contributed by atoms with Crippen LogP contribution in [0, 0.1) is 11.3 Å². The first-order valence-electron chi connectivity index (χ1n) is 6.62. The molecule has 2 aromatic carbocycles. The van der Waals surface area contributed by atoms with Gasteiger partial charge >= 0.3 is 5.97 Å². The number of hydrogen-bond donors (Lipinski definition) is 1. The van der Waals surface area contributed by atoms with Gasteiger partial charge in [-0.3, -0.25) is 4.79 Å². The van der Waals surface area contributed by atoms with Gasteiger partial charge in [-0.25, -0.2) is 4.79 Å². The van der Waals surface area contributed by atoms with Crippen LogP contribution in [0.4, 0.5) is 5.69 Å². The van der Waals surface area contributed by atoms with E-state index in [9.17, 15) is 9.59 Å². The Morgan fingerprint density at radius 1 is 1.18 bits per heavy atom. The van der Waals surface area contributed by atoms with Crippen LogP contribution in [0.1, 0.15) is 28.4 Å². The van der Waals surface area contributed by atoms with Crippen molar-refractivity contribution in [3.8, 4) is 6.07 Å². The average Bonchev–Trinajstić information content (AvgIpc) is 2.53. The molecule has 1 amide bonds. The van der Waals surface area contributed by atoms with E-state index in [0.717, 1.165) is 5.56 Å². The number of nitrogens with one attached hydrogen (secondary N) is 1. The molecule has 2 aromatic rings. The van der Waals surface area contributed by atoms with Gasteiger partial charge in [0, 0.05) is 12.6 Å². The average molecular weight is 294 g/mol. The van der Waals surface area contributed by atoms with E-state index in [1.54, 1.807) is 48.5 Å². The van der Waals surface area contributed by atoms with Crippen molar-refractivity contribution in [1.29, 1.82) is 5.26 Å². The third-order valence-corrected chi connectivity index (χ3v) is 2.87. The van der Waals surface area contributed by atoms with Crippen LogP contribution in [-0.2, 0) is 16.1 Å². The van der Waals surface area contributed by atoms with Crippen molar-refractivity contribution in [3.63, 3.8) is 0 Å². The van der Waals surface area contributed by atoms with Crippen LogP contribution in [0.25, 0.3) is 0 Å². The summed E-state index contributed by atoms with van der Waals surface area (Å²) >= 11 is 0. The molecule has 5 heteroatoms. The molecule has 0 heterocycles. The Kier molecular flexibility index (Phi) is 4.89. The minimum absolute atomic E-state index is 0.0990. The molecular weight excluding hydrogens is 280 g/mol. The van der Waals surface area contributed by atoms with Crippen LogP contribution in [0.15, 0.2) is 48.5 Å². The monoisotopic (exact) mass is 294 g/mol. The van der Waals surface area contributed by atoms with Gasteiger partial charge in [-0.2, -0.15) is 5.26 Å². The summed E-state index contributed by atoms with van der Waals surface area (Å²) in [4.78, 5) is 22.8. The van der Waals surface area contributed by atoms with Crippen LogP contribution in [0.2, 0.25) is 0 Å². The standard InChI is InChI=1S/C17H14N2O3/c1-12(20)19-16-7-5-15(6-8-16)17(21)22-11-14-4-2-3-13(9-14)10-18/h2-9H,11H2,1H3,(H,19,20). The van der Waals surface area contributed by atoms with Crippen molar-refractivity contribution >= 4 is 17.6 Å². The van der Waals surface area contributed by atoms with Gasteiger partial charge in [-0.15, -0.1) is 0 Å². The number of hydrogen-bond acceptors (Lipinski definition) is 4. The summed E-state index contributed by atoms with van der Waals surface area (Å²) in [6, 6.07) is 15.4. The van der Waals surface area contributed by atoms with Crippen molar-refractivity contribution in [2.75, 3.05) is 5.32 Å². The number of nitrogens with zero attached hydrogens (tertiary/aromatic N) is 1. The van der Waals surface area contributed by atoms with Gasteiger partial charge in [0.2, 0.25) is 5.91 Å². The molecule has 0 aliphatic heterocycles. The van der Waals surface area contributed by atoms with Crippen LogP contribution in [0.3, 0.4) is 0 Å². The van der Waals surface area contributed by atoms with Crippen LogP contribution < -0.4 is 5.32 Å². The van der Waals surface area contributed by atoms with Gasteiger partial charge in [0.25, 0.3) is 0 Å². The largest absolute Gasteiger partial charge is 0.457 e. The molecule has 0 aromatic heterocycles. The van der Waals surface area contributed by atoms with Gasteiger partial charge in [-0.05, 0) is 42.0 Å². The lowest BCUT2D eigenvalue weighted by Crippen LogP contribution is -2.07. The molecule has 0 saturated heterocycles. The normalized spacial score (nSPS) is 9.64. The Labute approximate surface area is 128 Å². The summed E-state index contributed by atoms with van der Waals surface area (Å²) in [5.41, 5.74) is 2.28. The lowest BCUT2D eigenvalue weighted by molar-refractivity contribution is -0.114. The lowest BCUT2D eigenvalue weighted by Gasteiger charge is -2.06. The highest BCUT2D eigenvalue weighted by molar-refractivity contribution is 5.92. The van der Waals surface area contributed by atoms with E-state index in [4.69, 9.17) is 10.00 Å². The molecule has 5 nitrogen and oxygen atoms in total. The fraction of sp³-hybridized carbons (Fsp3) is 0.118. The predicted octanol–water partition coefficient (Wildman–Crippen LogP) is 2.87. The highest BCUT2D eigenvalue weighted by atomic mass is 16.5. The van der Waals surface area contributed by atoms with E-state index in [2.05, 4.69) is 5.32 Å². The van der Waals surface area contributed by atoms with Crippen molar-refractivity contribution in [2.24, 2.45) is 0 Å². The second-order valence-electron chi connectivity index (χ2n) is 4.65. The summed E-state index contributed by atoms with van der Waals surface area (Å²) in [7, 11) is 0. The summed E-state index contributed by atoms with van der Waals surface area (Å²) < 4.78 is 5.20. The smallest absolute Gasteiger partial charge is 0.338 e. The van der Waals surface area contributed by atoms with E-state index < -0.39 is 5.97 Å². The highest BCUT2D eigenvalue weighted by Gasteiger charge is 2.08. The second kappa shape index (κ2) is 7.04. The predicted molar refractivity (Wildman–Crippen MR) is 81.0 cm³/mol. The minimum Gasteiger partial charge on any atom is -0.457 e. The van der Waals surface area contributed by atoms with Crippen LogP contribution in [-0.4, -0.2) is 11.9 Å². The lowest BCUT2D eigenvalue weighted by atomic mass is 10.1. The molecule has 0 radical (unpaired) electrons. The molecule has 0 bridgehead atoms. The SMILES string of the molecule is CC(=O)Nc1ccc(C(=O)OCc2cccc(C#N)c2)cc1. The quantitative estimate of drug-likeness (QED) is 0.879. The van der Waals surface area contributed by atoms with Crippen LogP contribution >= 0.6 is 0 Å². The van der Waals surface area contributed by atoms with Crippen molar-refractivity contribution in [3.05, 3.63) is 65.2 Å². The number of nitriles is 1. The number of carbonyl (C=O) groups is 2. The number of rotatable bonds is 4. The maximum atomic E-state index is 11.9. The van der Waals surface area contributed by atoms with Gasteiger partial charge in [0.05, 0.1) is 17.2 Å². The molecule has 1 N–H and O–H groups in total. The third-order valence-electron chi connectivity index (χ3n) is 2.87. The summed E-state index contributed by atoms with van der Waals surface area (Å²) in [6.45, 7) is 1.51. The van der Waals surface area contributed by atoms with E-state index >= 15 is 0 Å². The second-order valence-corrected chi connectivity index (χ2v) is 4.65. The molecule has 110 valence electrons. The Hall–Kier alpha value is -3.13. The Bertz CT molecular complexity index is 730. The topological polar surface area (TPSA) is 79.2 Å². The Balaban J connectivity index is 1.97. The molecule has 2 rings (SSSR count). The molecule has 0 saturated carbocycles. The first-order valence-corrected chi connectivity index (χ1v) is 6.62. The molecule has 0 aliphatic rings. The number of carbonyl (C=O) groups excluding carboxylic acids is 2. The number of amides is 1. The summed E-state index contributed by atoms with van der Waals surface area (Å²) in [6.07, 6.45) is 0. The molecule has 0 unspecified atom stereocenters. The van der Waals surface area contributed by atoms with Gasteiger partial charge in [0.1, 0.15) is 6.61 Å². The Morgan fingerprint density at radius 2 is 1.91 bits per heavy atom.